The quantitative estimate of drug-likeness (QED) is 0.701. The molecule has 0 spiro atoms. The number of hydrogen-bond donors (Lipinski definition) is 2. The van der Waals surface area contributed by atoms with Gasteiger partial charge in [-0.1, -0.05) is 18.2 Å². The summed E-state index contributed by atoms with van der Waals surface area (Å²) >= 11 is 0. The van der Waals surface area contributed by atoms with E-state index in [0.717, 1.165) is 10.9 Å². The van der Waals surface area contributed by atoms with Crippen LogP contribution in [-0.4, -0.2) is 64.9 Å². The SMILES string of the molecule is Cc1n[nH]c(C)c1S(=O)(=O)N1CCCN(C(=O)c2cc3ccccc3[nH]2)CC1. The minimum atomic E-state index is -3.64. The summed E-state index contributed by atoms with van der Waals surface area (Å²) < 4.78 is 27.6. The van der Waals surface area contributed by atoms with Crippen LogP contribution in [0.4, 0.5) is 0 Å². The van der Waals surface area contributed by atoms with E-state index in [9.17, 15) is 13.2 Å². The van der Waals surface area contributed by atoms with Crippen LogP contribution < -0.4 is 0 Å². The number of nitrogens with one attached hydrogen (secondary N) is 2. The molecule has 1 saturated heterocycles. The summed E-state index contributed by atoms with van der Waals surface area (Å²) in [6, 6.07) is 9.57. The topological polar surface area (TPSA) is 102 Å². The van der Waals surface area contributed by atoms with Gasteiger partial charge in [0.1, 0.15) is 10.6 Å². The van der Waals surface area contributed by atoms with E-state index in [1.807, 2.05) is 30.3 Å². The molecular weight excluding hydrogens is 378 g/mol. The zero-order chi connectivity index (χ0) is 19.9. The zero-order valence-electron chi connectivity index (χ0n) is 15.9. The van der Waals surface area contributed by atoms with Gasteiger partial charge in [0.15, 0.2) is 0 Å². The number of carbonyl (C=O) groups is 1. The fourth-order valence-corrected chi connectivity index (χ4v) is 5.55. The lowest BCUT2D eigenvalue weighted by atomic mass is 10.2. The molecule has 1 fully saturated rings. The van der Waals surface area contributed by atoms with Gasteiger partial charge in [-0.05, 0) is 32.4 Å². The van der Waals surface area contributed by atoms with E-state index >= 15 is 0 Å². The van der Waals surface area contributed by atoms with Gasteiger partial charge in [-0.3, -0.25) is 9.89 Å². The van der Waals surface area contributed by atoms with Crippen molar-refractivity contribution in [2.75, 3.05) is 26.2 Å². The second kappa shape index (κ2) is 7.06. The van der Waals surface area contributed by atoms with Gasteiger partial charge in [0.2, 0.25) is 10.0 Å². The van der Waals surface area contributed by atoms with E-state index in [1.165, 1.54) is 4.31 Å². The van der Waals surface area contributed by atoms with Crippen molar-refractivity contribution in [3.05, 3.63) is 47.4 Å². The molecule has 8 nitrogen and oxygen atoms in total. The van der Waals surface area contributed by atoms with Gasteiger partial charge in [-0.15, -0.1) is 0 Å². The van der Waals surface area contributed by atoms with E-state index in [4.69, 9.17) is 0 Å². The Morgan fingerprint density at radius 1 is 1.11 bits per heavy atom. The van der Waals surface area contributed by atoms with Gasteiger partial charge in [-0.2, -0.15) is 9.40 Å². The molecule has 2 aromatic heterocycles. The predicted octanol–water partition coefficient (Wildman–Crippen LogP) is 2.04. The third-order valence-electron chi connectivity index (χ3n) is 5.16. The Morgan fingerprint density at radius 2 is 1.89 bits per heavy atom. The Hall–Kier alpha value is -2.65. The molecule has 1 amide bonds. The van der Waals surface area contributed by atoms with Crippen LogP contribution in [0.2, 0.25) is 0 Å². The second-order valence-corrected chi connectivity index (χ2v) is 8.96. The van der Waals surface area contributed by atoms with Crippen LogP contribution in [0.5, 0.6) is 0 Å². The fraction of sp³-hybridized carbons (Fsp3) is 0.368. The van der Waals surface area contributed by atoms with Crippen LogP contribution in [0.25, 0.3) is 10.9 Å². The lowest BCUT2D eigenvalue weighted by Crippen LogP contribution is -2.37. The molecule has 1 aromatic carbocycles. The molecule has 1 aliphatic rings. The number of hydrogen-bond acceptors (Lipinski definition) is 4. The summed E-state index contributed by atoms with van der Waals surface area (Å²) in [5, 5.41) is 7.72. The molecule has 3 heterocycles. The molecule has 0 atom stereocenters. The second-order valence-electron chi connectivity index (χ2n) is 7.08. The lowest BCUT2D eigenvalue weighted by Gasteiger charge is -2.21. The normalized spacial score (nSPS) is 16.4. The molecule has 4 rings (SSSR count). The van der Waals surface area contributed by atoms with Gasteiger partial charge in [0.25, 0.3) is 5.91 Å². The van der Waals surface area contributed by atoms with Crippen LogP contribution in [0.15, 0.2) is 35.2 Å². The van der Waals surface area contributed by atoms with Crippen LogP contribution in [0.1, 0.15) is 28.3 Å². The average molecular weight is 401 g/mol. The molecule has 0 aliphatic carbocycles. The number of aromatic amines is 2. The maximum atomic E-state index is 13.1. The monoisotopic (exact) mass is 401 g/mol. The highest BCUT2D eigenvalue weighted by atomic mass is 32.2. The van der Waals surface area contributed by atoms with Crippen molar-refractivity contribution in [2.24, 2.45) is 0 Å². The molecule has 0 saturated carbocycles. The number of rotatable bonds is 3. The molecule has 148 valence electrons. The lowest BCUT2D eigenvalue weighted by molar-refractivity contribution is 0.0759. The van der Waals surface area contributed by atoms with E-state index in [2.05, 4.69) is 15.2 Å². The number of carbonyl (C=O) groups excluding carboxylic acids is 1. The third-order valence-corrected chi connectivity index (χ3v) is 7.32. The van der Waals surface area contributed by atoms with Crippen molar-refractivity contribution in [3.63, 3.8) is 0 Å². The number of aromatic nitrogens is 3. The number of nitrogens with zero attached hydrogens (tertiary/aromatic N) is 3. The Balaban J connectivity index is 1.53. The van der Waals surface area contributed by atoms with Crippen molar-refractivity contribution < 1.29 is 13.2 Å². The smallest absolute Gasteiger partial charge is 0.270 e. The van der Waals surface area contributed by atoms with Gasteiger partial charge in [0, 0.05) is 37.1 Å². The average Bonchev–Trinajstić information content (AvgIpc) is 3.14. The first-order chi connectivity index (χ1) is 13.4. The fourth-order valence-electron chi connectivity index (χ4n) is 3.75. The summed E-state index contributed by atoms with van der Waals surface area (Å²) in [4.78, 5) is 18.0. The van der Waals surface area contributed by atoms with Crippen LogP contribution in [0, 0.1) is 13.8 Å². The molecule has 2 N–H and O–H groups in total. The number of fused-ring (bicyclic) bond motifs is 1. The number of sulfonamides is 1. The van der Waals surface area contributed by atoms with Crippen molar-refractivity contribution in [3.8, 4) is 0 Å². The van der Waals surface area contributed by atoms with Crippen LogP contribution in [-0.2, 0) is 10.0 Å². The summed E-state index contributed by atoms with van der Waals surface area (Å²) in [6.07, 6.45) is 0.584. The number of aryl methyl sites for hydroxylation is 2. The predicted molar refractivity (Wildman–Crippen MR) is 106 cm³/mol. The Labute approximate surface area is 163 Å². The molecule has 1 aliphatic heterocycles. The Bertz CT molecular complexity index is 1080. The van der Waals surface area contributed by atoms with Gasteiger partial charge >= 0.3 is 0 Å². The van der Waals surface area contributed by atoms with E-state index < -0.39 is 10.0 Å². The van der Waals surface area contributed by atoms with E-state index in [-0.39, 0.29) is 17.3 Å². The number of benzene rings is 1. The van der Waals surface area contributed by atoms with Crippen LogP contribution in [0.3, 0.4) is 0 Å². The Morgan fingerprint density at radius 3 is 2.61 bits per heavy atom. The number of amides is 1. The van der Waals surface area contributed by atoms with Crippen molar-refractivity contribution in [1.82, 2.24) is 24.4 Å². The highest BCUT2D eigenvalue weighted by Crippen LogP contribution is 2.23. The zero-order valence-corrected chi connectivity index (χ0v) is 16.7. The minimum Gasteiger partial charge on any atom is -0.351 e. The molecule has 0 bridgehead atoms. The van der Waals surface area contributed by atoms with Crippen molar-refractivity contribution in [1.29, 1.82) is 0 Å². The molecule has 0 radical (unpaired) electrons. The van der Waals surface area contributed by atoms with Crippen molar-refractivity contribution >= 4 is 26.8 Å². The number of para-hydroxylation sites is 1. The highest BCUT2D eigenvalue weighted by molar-refractivity contribution is 7.89. The van der Waals surface area contributed by atoms with Gasteiger partial charge in [0.05, 0.1) is 11.4 Å². The van der Waals surface area contributed by atoms with E-state index in [1.54, 1.807) is 18.7 Å². The molecule has 9 heteroatoms. The molecule has 28 heavy (non-hydrogen) atoms. The summed E-state index contributed by atoms with van der Waals surface area (Å²) in [6.45, 7) is 4.89. The molecule has 3 aromatic rings. The van der Waals surface area contributed by atoms with Gasteiger partial charge in [-0.25, -0.2) is 8.42 Å². The van der Waals surface area contributed by atoms with Crippen LogP contribution >= 0.6 is 0 Å². The minimum absolute atomic E-state index is 0.105. The third kappa shape index (κ3) is 3.20. The molecule has 0 unspecified atom stereocenters. The summed E-state index contributed by atoms with van der Waals surface area (Å²) in [5.74, 6) is -0.105. The molecular formula is C19H23N5O3S. The summed E-state index contributed by atoms with van der Waals surface area (Å²) in [5.41, 5.74) is 2.44. The van der Waals surface area contributed by atoms with Gasteiger partial charge < -0.3 is 9.88 Å². The first-order valence-corrected chi connectivity index (χ1v) is 10.7. The maximum Gasteiger partial charge on any atom is 0.270 e. The highest BCUT2D eigenvalue weighted by Gasteiger charge is 2.32. The standard InChI is InChI=1S/C19H23N5O3S/c1-13-18(14(2)22-21-13)28(26,27)24-9-5-8-23(10-11-24)19(25)17-12-15-6-3-4-7-16(15)20-17/h3-4,6-7,12,20H,5,8-11H2,1-2H3,(H,21,22). The van der Waals surface area contributed by atoms with Crippen molar-refractivity contribution in [2.45, 2.75) is 25.2 Å². The largest absolute Gasteiger partial charge is 0.351 e. The Kier molecular flexibility index (Phi) is 4.72. The van der Waals surface area contributed by atoms with E-state index in [0.29, 0.717) is 43.1 Å². The maximum absolute atomic E-state index is 13.1. The number of H-pyrrole nitrogens is 2. The first kappa shape index (κ1) is 18.7. The first-order valence-electron chi connectivity index (χ1n) is 9.26. The summed E-state index contributed by atoms with van der Waals surface area (Å²) in [7, 11) is -3.64.